The van der Waals surface area contributed by atoms with Gasteiger partial charge in [-0.1, -0.05) is 13.0 Å². The number of carbonyl (C=O) groups excluding carboxylic acids is 1. The zero-order valence-corrected chi connectivity index (χ0v) is 14.4. The number of nitrogens with zero attached hydrogens (tertiary/aromatic N) is 3. The number of piperidine rings is 1. The molecule has 0 aromatic carbocycles. The molecule has 1 atom stereocenters. The van der Waals surface area contributed by atoms with Crippen LogP contribution in [-0.4, -0.2) is 33.4 Å². The molecule has 1 aliphatic rings. The molecule has 2 aromatic heterocycles. The average Bonchev–Trinajstić information content (AvgIpc) is 3.13. The van der Waals surface area contributed by atoms with Gasteiger partial charge in [0.2, 0.25) is 0 Å². The minimum absolute atomic E-state index is 0.0866. The van der Waals surface area contributed by atoms with Crippen molar-refractivity contribution in [2.75, 3.05) is 6.54 Å². The molecule has 1 saturated heterocycles. The number of thiophene rings is 1. The van der Waals surface area contributed by atoms with Crippen LogP contribution in [0.1, 0.15) is 53.7 Å². The highest BCUT2D eigenvalue weighted by Crippen LogP contribution is 2.24. The van der Waals surface area contributed by atoms with Crippen LogP contribution >= 0.6 is 11.3 Å². The summed E-state index contributed by atoms with van der Waals surface area (Å²) in [6, 6.07) is 4.61. The summed E-state index contributed by atoms with van der Waals surface area (Å²) in [6.45, 7) is 2.87. The first kappa shape index (κ1) is 16.1. The minimum Gasteiger partial charge on any atom is -0.336 e. The molecule has 0 radical (unpaired) electrons. The first-order chi connectivity index (χ1) is 11.3. The van der Waals surface area contributed by atoms with E-state index in [1.54, 1.807) is 23.7 Å². The molecule has 23 heavy (non-hydrogen) atoms. The van der Waals surface area contributed by atoms with Gasteiger partial charge in [-0.15, -0.1) is 11.3 Å². The predicted molar refractivity (Wildman–Crippen MR) is 92.7 cm³/mol. The summed E-state index contributed by atoms with van der Waals surface area (Å²) in [6.07, 6.45) is 9.65. The van der Waals surface area contributed by atoms with E-state index in [4.69, 9.17) is 0 Å². The maximum atomic E-state index is 12.8. The molecule has 3 rings (SSSR count). The van der Waals surface area contributed by atoms with Crippen molar-refractivity contribution >= 4 is 17.2 Å². The maximum absolute atomic E-state index is 12.8. The third kappa shape index (κ3) is 3.96. The lowest BCUT2D eigenvalue weighted by molar-refractivity contribution is 0.0601. The molecule has 4 nitrogen and oxygen atoms in total. The first-order valence-corrected chi connectivity index (χ1v) is 9.30. The molecule has 0 saturated carbocycles. The lowest BCUT2D eigenvalue weighted by atomic mass is 9.97. The second kappa shape index (κ2) is 7.68. The standard InChI is InChI=1S/C18H23N3OS/c1-2-17-19-12-14(13-20-17)18(22)21-10-4-3-6-15(21)8-9-16-7-5-11-23-16/h5,7,11-13,15H,2-4,6,8-10H2,1H3. The van der Waals surface area contributed by atoms with Crippen LogP contribution in [0.4, 0.5) is 0 Å². The lowest BCUT2D eigenvalue weighted by Gasteiger charge is -2.35. The molecule has 0 N–H and O–H groups in total. The Balaban J connectivity index is 1.67. The van der Waals surface area contributed by atoms with Crippen molar-refractivity contribution in [2.24, 2.45) is 0 Å². The lowest BCUT2D eigenvalue weighted by Crippen LogP contribution is -2.44. The molecule has 2 aromatic rings. The van der Waals surface area contributed by atoms with Crippen molar-refractivity contribution < 1.29 is 4.79 Å². The van der Waals surface area contributed by atoms with Gasteiger partial charge < -0.3 is 4.90 Å². The SMILES string of the molecule is CCc1ncc(C(=O)N2CCCCC2CCc2cccs2)cn1. The van der Waals surface area contributed by atoms with Crippen molar-refractivity contribution in [3.63, 3.8) is 0 Å². The predicted octanol–water partition coefficient (Wildman–Crippen LogP) is 3.73. The number of likely N-dealkylation sites (tertiary alicyclic amines) is 1. The smallest absolute Gasteiger partial charge is 0.257 e. The highest BCUT2D eigenvalue weighted by Gasteiger charge is 2.27. The Kier molecular flexibility index (Phi) is 5.39. The molecule has 1 unspecified atom stereocenters. The van der Waals surface area contributed by atoms with Crippen LogP contribution < -0.4 is 0 Å². The minimum atomic E-state index is 0.0866. The molecule has 5 heteroatoms. The Morgan fingerprint density at radius 3 is 2.87 bits per heavy atom. The fraction of sp³-hybridized carbons (Fsp3) is 0.500. The van der Waals surface area contributed by atoms with Crippen molar-refractivity contribution in [1.82, 2.24) is 14.9 Å². The van der Waals surface area contributed by atoms with E-state index in [9.17, 15) is 4.79 Å². The number of aromatic nitrogens is 2. The normalized spacial score (nSPS) is 18.1. The van der Waals surface area contributed by atoms with Crippen LogP contribution in [-0.2, 0) is 12.8 Å². The van der Waals surface area contributed by atoms with E-state index in [2.05, 4.69) is 27.5 Å². The van der Waals surface area contributed by atoms with E-state index in [0.29, 0.717) is 11.6 Å². The van der Waals surface area contributed by atoms with Crippen molar-refractivity contribution in [1.29, 1.82) is 0 Å². The van der Waals surface area contributed by atoms with E-state index in [0.717, 1.165) is 44.5 Å². The maximum Gasteiger partial charge on any atom is 0.257 e. The Morgan fingerprint density at radius 2 is 2.17 bits per heavy atom. The van der Waals surface area contributed by atoms with E-state index in [1.807, 2.05) is 11.8 Å². The van der Waals surface area contributed by atoms with Gasteiger partial charge >= 0.3 is 0 Å². The van der Waals surface area contributed by atoms with Gasteiger partial charge in [-0.25, -0.2) is 9.97 Å². The zero-order valence-electron chi connectivity index (χ0n) is 13.6. The van der Waals surface area contributed by atoms with E-state index >= 15 is 0 Å². The summed E-state index contributed by atoms with van der Waals surface area (Å²) in [5.41, 5.74) is 0.616. The number of aryl methyl sites for hydroxylation is 2. The number of hydrogen-bond donors (Lipinski definition) is 0. The third-order valence-electron chi connectivity index (χ3n) is 4.46. The fourth-order valence-electron chi connectivity index (χ4n) is 3.15. The van der Waals surface area contributed by atoms with E-state index < -0.39 is 0 Å². The van der Waals surface area contributed by atoms with Gasteiger partial charge in [0.05, 0.1) is 5.56 Å². The Bertz CT molecular complexity index is 624. The molecule has 1 fully saturated rings. The van der Waals surface area contributed by atoms with Gasteiger partial charge in [-0.2, -0.15) is 0 Å². The monoisotopic (exact) mass is 329 g/mol. The third-order valence-corrected chi connectivity index (χ3v) is 5.40. The Morgan fingerprint density at radius 1 is 1.35 bits per heavy atom. The summed E-state index contributed by atoms with van der Waals surface area (Å²) in [4.78, 5) is 24.8. The first-order valence-electron chi connectivity index (χ1n) is 8.42. The number of amides is 1. The molecular weight excluding hydrogens is 306 g/mol. The quantitative estimate of drug-likeness (QED) is 0.840. The molecule has 0 bridgehead atoms. The Labute approximate surface area is 141 Å². The number of carbonyl (C=O) groups is 1. The highest BCUT2D eigenvalue weighted by atomic mass is 32.1. The molecular formula is C18H23N3OS. The van der Waals surface area contributed by atoms with Gasteiger partial charge in [0.1, 0.15) is 5.82 Å². The molecule has 1 amide bonds. The van der Waals surface area contributed by atoms with Crippen molar-refractivity contribution in [3.05, 3.63) is 46.2 Å². The van der Waals surface area contributed by atoms with Gasteiger partial charge in [0, 0.05) is 36.3 Å². The van der Waals surface area contributed by atoms with Gasteiger partial charge in [-0.05, 0) is 43.6 Å². The second-order valence-corrected chi connectivity index (χ2v) is 7.04. The summed E-state index contributed by atoms with van der Waals surface area (Å²) in [5.74, 6) is 0.873. The van der Waals surface area contributed by atoms with Crippen LogP contribution in [0.25, 0.3) is 0 Å². The number of hydrogen-bond acceptors (Lipinski definition) is 4. The molecule has 0 spiro atoms. The van der Waals surface area contributed by atoms with Crippen LogP contribution in [0.5, 0.6) is 0 Å². The zero-order chi connectivity index (χ0) is 16.1. The summed E-state index contributed by atoms with van der Waals surface area (Å²) in [5, 5.41) is 2.12. The van der Waals surface area contributed by atoms with E-state index in [1.165, 1.54) is 11.3 Å². The van der Waals surface area contributed by atoms with Crippen LogP contribution in [0, 0.1) is 0 Å². The topological polar surface area (TPSA) is 46.1 Å². The van der Waals surface area contributed by atoms with Crippen LogP contribution in [0.15, 0.2) is 29.9 Å². The highest BCUT2D eigenvalue weighted by molar-refractivity contribution is 7.09. The molecule has 3 heterocycles. The molecule has 0 aliphatic carbocycles. The van der Waals surface area contributed by atoms with Crippen molar-refractivity contribution in [2.45, 2.75) is 51.5 Å². The van der Waals surface area contributed by atoms with Gasteiger partial charge in [0.25, 0.3) is 5.91 Å². The number of rotatable bonds is 5. The molecule has 1 aliphatic heterocycles. The van der Waals surface area contributed by atoms with Crippen LogP contribution in [0.2, 0.25) is 0 Å². The molecule has 122 valence electrons. The average molecular weight is 329 g/mol. The summed E-state index contributed by atoms with van der Waals surface area (Å²) < 4.78 is 0. The van der Waals surface area contributed by atoms with E-state index in [-0.39, 0.29) is 5.91 Å². The summed E-state index contributed by atoms with van der Waals surface area (Å²) >= 11 is 1.80. The van der Waals surface area contributed by atoms with Crippen molar-refractivity contribution in [3.8, 4) is 0 Å². The Hall–Kier alpha value is -1.75. The summed E-state index contributed by atoms with van der Waals surface area (Å²) in [7, 11) is 0. The van der Waals surface area contributed by atoms with Gasteiger partial charge in [-0.3, -0.25) is 4.79 Å². The fourth-order valence-corrected chi connectivity index (χ4v) is 3.87. The second-order valence-electron chi connectivity index (χ2n) is 6.01. The van der Waals surface area contributed by atoms with Crippen LogP contribution in [0.3, 0.4) is 0 Å². The van der Waals surface area contributed by atoms with Gasteiger partial charge in [0.15, 0.2) is 0 Å². The largest absolute Gasteiger partial charge is 0.336 e.